The quantitative estimate of drug-likeness (QED) is 0.904. The van der Waals surface area contributed by atoms with E-state index < -0.39 is 0 Å². The predicted octanol–water partition coefficient (Wildman–Crippen LogP) is 1.22. The lowest BCUT2D eigenvalue weighted by molar-refractivity contribution is 0.0246. The molecule has 0 saturated carbocycles. The Morgan fingerprint density at radius 2 is 2.40 bits per heavy atom. The summed E-state index contributed by atoms with van der Waals surface area (Å²) in [6.45, 7) is 4.55. The van der Waals surface area contributed by atoms with Gasteiger partial charge in [0.2, 0.25) is 11.7 Å². The molecule has 0 amide bonds. The minimum atomic E-state index is 0.111. The standard InChI is InChI=1S/C14H18N4O2/c1-2-10-8-15-4-3-12(10)14-17-13(20-18-14)7-11-9-16-5-6-19-11/h3-4,8,11,16H,2,5-7,9H2,1H3. The molecule has 0 aromatic carbocycles. The fourth-order valence-electron chi connectivity index (χ4n) is 2.32. The Bertz CT molecular complexity index is 564. The molecule has 1 saturated heterocycles. The molecule has 6 nitrogen and oxygen atoms in total. The molecule has 3 heterocycles. The number of hydrogen-bond acceptors (Lipinski definition) is 6. The molecule has 6 heteroatoms. The average molecular weight is 274 g/mol. The first-order valence-electron chi connectivity index (χ1n) is 6.95. The fraction of sp³-hybridized carbons (Fsp3) is 0.500. The van der Waals surface area contributed by atoms with E-state index in [4.69, 9.17) is 9.26 Å². The third kappa shape index (κ3) is 2.86. The highest BCUT2D eigenvalue weighted by Gasteiger charge is 2.18. The van der Waals surface area contributed by atoms with Crippen LogP contribution in [0.2, 0.25) is 0 Å². The van der Waals surface area contributed by atoms with E-state index >= 15 is 0 Å². The molecule has 3 rings (SSSR count). The predicted molar refractivity (Wildman–Crippen MR) is 73.2 cm³/mol. The van der Waals surface area contributed by atoms with Crippen molar-refractivity contribution < 1.29 is 9.26 Å². The van der Waals surface area contributed by atoms with Gasteiger partial charge in [0.25, 0.3) is 0 Å². The molecule has 1 unspecified atom stereocenters. The Morgan fingerprint density at radius 3 is 3.20 bits per heavy atom. The molecule has 0 aliphatic carbocycles. The first-order valence-corrected chi connectivity index (χ1v) is 6.95. The first-order chi connectivity index (χ1) is 9.86. The van der Waals surface area contributed by atoms with Gasteiger partial charge in [-0.05, 0) is 18.1 Å². The SMILES string of the molecule is CCc1cnccc1-c1noc(CC2CNCCO2)n1. The molecule has 0 radical (unpaired) electrons. The van der Waals surface area contributed by atoms with Crippen LogP contribution in [0.3, 0.4) is 0 Å². The van der Waals surface area contributed by atoms with Gasteiger partial charge in [-0.3, -0.25) is 4.98 Å². The van der Waals surface area contributed by atoms with Crippen molar-refractivity contribution in [1.29, 1.82) is 0 Å². The Kier molecular flexibility index (Phi) is 4.03. The summed E-state index contributed by atoms with van der Waals surface area (Å²) in [6, 6.07) is 1.92. The summed E-state index contributed by atoms with van der Waals surface area (Å²) in [5.74, 6) is 1.25. The maximum Gasteiger partial charge on any atom is 0.229 e. The number of morpholine rings is 1. The van der Waals surface area contributed by atoms with Crippen LogP contribution >= 0.6 is 0 Å². The molecule has 1 aliphatic rings. The van der Waals surface area contributed by atoms with Crippen molar-refractivity contribution in [2.45, 2.75) is 25.9 Å². The Balaban J connectivity index is 1.75. The van der Waals surface area contributed by atoms with E-state index in [-0.39, 0.29) is 6.10 Å². The third-order valence-electron chi connectivity index (χ3n) is 3.40. The van der Waals surface area contributed by atoms with Gasteiger partial charge in [0.05, 0.1) is 19.1 Å². The highest BCUT2D eigenvalue weighted by Crippen LogP contribution is 2.20. The molecule has 1 fully saturated rings. The monoisotopic (exact) mass is 274 g/mol. The van der Waals surface area contributed by atoms with Crippen LogP contribution in [0.25, 0.3) is 11.4 Å². The minimum absolute atomic E-state index is 0.111. The van der Waals surface area contributed by atoms with Gasteiger partial charge in [-0.25, -0.2) is 0 Å². The van der Waals surface area contributed by atoms with Gasteiger partial charge in [-0.1, -0.05) is 12.1 Å². The van der Waals surface area contributed by atoms with E-state index in [0.717, 1.165) is 37.2 Å². The molecule has 0 spiro atoms. The van der Waals surface area contributed by atoms with Gasteiger partial charge in [-0.15, -0.1) is 0 Å². The molecular formula is C14H18N4O2. The second kappa shape index (κ2) is 6.11. The molecule has 1 aliphatic heterocycles. The molecule has 2 aromatic rings. The Hall–Kier alpha value is -1.79. The van der Waals surface area contributed by atoms with Crippen LogP contribution in [0.4, 0.5) is 0 Å². The van der Waals surface area contributed by atoms with Gasteiger partial charge in [0.15, 0.2) is 0 Å². The maximum atomic E-state index is 5.64. The lowest BCUT2D eigenvalue weighted by Gasteiger charge is -2.21. The van der Waals surface area contributed by atoms with Crippen molar-refractivity contribution in [3.63, 3.8) is 0 Å². The summed E-state index contributed by atoms with van der Waals surface area (Å²) in [6.07, 6.45) is 5.24. The highest BCUT2D eigenvalue weighted by molar-refractivity contribution is 5.58. The number of hydrogen-bond donors (Lipinski definition) is 1. The highest BCUT2D eigenvalue weighted by atomic mass is 16.5. The van der Waals surface area contributed by atoms with E-state index in [1.54, 1.807) is 6.20 Å². The second-order valence-corrected chi connectivity index (χ2v) is 4.80. The molecule has 20 heavy (non-hydrogen) atoms. The van der Waals surface area contributed by atoms with Crippen molar-refractivity contribution in [2.24, 2.45) is 0 Å². The van der Waals surface area contributed by atoms with E-state index in [9.17, 15) is 0 Å². The van der Waals surface area contributed by atoms with Gasteiger partial charge >= 0.3 is 0 Å². The molecule has 106 valence electrons. The van der Waals surface area contributed by atoms with Crippen molar-refractivity contribution in [2.75, 3.05) is 19.7 Å². The summed E-state index contributed by atoms with van der Waals surface area (Å²) < 4.78 is 11.0. The number of nitrogens with one attached hydrogen (secondary N) is 1. The van der Waals surface area contributed by atoms with Crippen molar-refractivity contribution >= 4 is 0 Å². The van der Waals surface area contributed by atoms with Crippen molar-refractivity contribution in [3.05, 3.63) is 29.9 Å². The number of pyridine rings is 1. The van der Waals surface area contributed by atoms with Crippen LogP contribution in [0.5, 0.6) is 0 Å². The average Bonchev–Trinajstić information content (AvgIpc) is 2.96. The first kappa shape index (κ1) is 13.2. The largest absolute Gasteiger partial charge is 0.375 e. The Morgan fingerprint density at radius 1 is 1.45 bits per heavy atom. The zero-order valence-corrected chi connectivity index (χ0v) is 11.5. The topological polar surface area (TPSA) is 73.1 Å². The number of ether oxygens (including phenoxy) is 1. The zero-order valence-electron chi connectivity index (χ0n) is 11.5. The van der Waals surface area contributed by atoms with Gasteiger partial charge in [0, 0.05) is 31.0 Å². The van der Waals surface area contributed by atoms with Crippen LogP contribution in [0.1, 0.15) is 18.4 Å². The van der Waals surface area contributed by atoms with E-state index in [1.807, 2.05) is 12.3 Å². The normalized spacial score (nSPS) is 19.1. The number of nitrogens with zero attached hydrogens (tertiary/aromatic N) is 3. The maximum absolute atomic E-state index is 5.64. The van der Waals surface area contributed by atoms with Gasteiger partial charge < -0.3 is 14.6 Å². The molecule has 1 atom stereocenters. The lowest BCUT2D eigenvalue weighted by Crippen LogP contribution is -2.39. The number of aryl methyl sites for hydroxylation is 1. The molecular weight excluding hydrogens is 256 g/mol. The third-order valence-corrected chi connectivity index (χ3v) is 3.40. The smallest absolute Gasteiger partial charge is 0.229 e. The zero-order chi connectivity index (χ0) is 13.8. The molecule has 2 aromatic heterocycles. The van der Waals surface area contributed by atoms with E-state index in [2.05, 4.69) is 27.4 Å². The number of rotatable bonds is 4. The molecule has 0 bridgehead atoms. The van der Waals surface area contributed by atoms with Crippen molar-refractivity contribution in [1.82, 2.24) is 20.4 Å². The van der Waals surface area contributed by atoms with E-state index in [1.165, 1.54) is 0 Å². The van der Waals surface area contributed by atoms with E-state index in [0.29, 0.717) is 18.1 Å². The Labute approximate surface area is 117 Å². The van der Waals surface area contributed by atoms with Crippen LogP contribution in [0, 0.1) is 0 Å². The van der Waals surface area contributed by atoms with Crippen LogP contribution in [-0.4, -0.2) is 40.9 Å². The minimum Gasteiger partial charge on any atom is -0.375 e. The summed E-state index contributed by atoms with van der Waals surface area (Å²) in [7, 11) is 0. The summed E-state index contributed by atoms with van der Waals surface area (Å²) in [5, 5.41) is 7.36. The van der Waals surface area contributed by atoms with Crippen LogP contribution in [-0.2, 0) is 17.6 Å². The lowest BCUT2D eigenvalue weighted by atomic mass is 10.1. The van der Waals surface area contributed by atoms with Gasteiger partial charge in [-0.2, -0.15) is 4.98 Å². The number of aromatic nitrogens is 3. The van der Waals surface area contributed by atoms with Crippen LogP contribution in [0.15, 0.2) is 23.0 Å². The van der Waals surface area contributed by atoms with Crippen molar-refractivity contribution in [3.8, 4) is 11.4 Å². The van der Waals surface area contributed by atoms with Gasteiger partial charge in [0.1, 0.15) is 0 Å². The second-order valence-electron chi connectivity index (χ2n) is 4.80. The molecule has 1 N–H and O–H groups in total. The summed E-state index contributed by atoms with van der Waals surface area (Å²) in [4.78, 5) is 8.60. The summed E-state index contributed by atoms with van der Waals surface area (Å²) in [5.41, 5.74) is 2.11. The summed E-state index contributed by atoms with van der Waals surface area (Å²) >= 11 is 0. The fourth-order valence-corrected chi connectivity index (χ4v) is 2.32. The van der Waals surface area contributed by atoms with Crippen LogP contribution < -0.4 is 5.32 Å².